The van der Waals surface area contributed by atoms with Crippen molar-refractivity contribution in [1.29, 1.82) is 0 Å². The van der Waals surface area contributed by atoms with Gasteiger partial charge in [-0.3, -0.25) is 14.4 Å². The third-order valence-corrected chi connectivity index (χ3v) is 3.10. The summed E-state index contributed by atoms with van der Waals surface area (Å²) in [5.41, 5.74) is 5.46. The highest BCUT2D eigenvalue weighted by molar-refractivity contribution is 6.01. The van der Waals surface area contributed by atoms with Gasteiger partial charge in [-0.15, -0.1) is 0 Å². The average molecular weight is 321 g/mol. The van der Waals surface area contributed by atoms with Crippen LogP contribution in [0.5, 0.6) is 0 Å². The van der Waals surface area contributed by atoms with Crippen molar-refractivity contribution in [1.82, 2.24) is 0 Å². The summed E-state index contributed by atoms with van der Waals surface area (Å²) in [7, 11) is 0. The van der Waals surface area contributed by atoms with E-state index >= 15 is 0 Å². The molecule has 0 heterocycles. The van der Waals surface area contributed by atoms with Gasteiger partial charge in [-0.25, -0.2) is 0 Å². The SMILES string of the molecule is CC(C)(C)OC(=O)C(Cc1ccccc1)C(=O)CC(N)C(=O)O. The molecule has 0 saturated carbocycles. The maximum absolute atomic E-state index is 12.3. The summed E-state index contributed by atoms with van der Waals surface area (Å²) >= 11 is 0. The molecule has 3 N–H and O–H groups in total. The molecule has 1 aromatic rings. The lowest BCUT2D eigenvalue weighted by molar-refractivity contribution is -0.162. The van der Waals surface area contributed by atoms with Gasteiger partial charge in [0.25, 0.3) is 0 Å². The molecule has 6 heteroatoms. The molecule has 126 valence electrons. The number of carbonyl (C=O) groups excluding carboxylic acids is 2. The monoisotopic (exact) mass is 321 g/mol. The van der Waals surface area contributed by atoms with Gasteiger partial charge in [-0.2, -0.15) is 0 Å². The predicted octanol–water partition coefficient (Wildman–Crippen LogP) is 1.56. The molecule has 0 saturated heterocycles. The standard InChI is InChI=1S/C17H23NO5/c1-17(2,3)23-16(22)12(9-11-7-5-4-6-8-11)14(19)10-13(18)15(20)21/h4-8,12-13H,9-10,18H2,1-3H3,(H,20,21). The Morgan fingerprint density at radius 2 is 1.74 bits per heavy atom. The number of esters is 1. The smallest absolute Gasteiger partial charge is 0.320 e. The van der Waals surface area contributed by atoms with Crippen LogP contribution in [0.4, 0.5) is 0 Å². The van der Waals surface area contributed by atoms with Crippen molar-refractivity contribution in [3.05, 3.63) is 35.9 Å². The molecular formula is C17H23NO5. The first-order valence-electron chi connectivity index (χ1n) is 7.38. The molecule has 0 bridgehead atoms. The minimum absolute atomic E-state index is 0.154. The third kappa shape index (κ3) is 6.61. The quantitative estimate of drug-likeness (QED) is 0.583. The molecule has 0 amide bonds. The number of hydrogen-bond acceptors (Lipinski definition) is 5. The third-order valence-electron chi connectivity index (χ3n) is 3.10. The van der Waals surface area contributed by atoms with Crippen LogP contribution in [0.25, 0.3) is 0 Å². The first kappa shape index (κ1) is 18.8. The maximum Gasteiger partial charge on any atom is 0.320 e. The highest BCUT2D eigenvalue weighted by atomic mass is 16.6. The van der Waals surface area contributed by atoms with Crippen LogP contribution in [0.15, 0.2) is 30.3 Å². The normalized spacial score (nSPS) is 13.9. The molecule has 0 aliphatic heterocycles. The molecule has 0 radical (unpaired) electrons. The van der Waals surface area contributed by atoms with Crippen LogP contribution < -0.4 is 5.73 Å². The zero-order valence-corrected chi connectivity index (χ0v) is 13.6. The van der Waals surface area contributed by atoms with Crippen molar-refractivity contribution < 1.29 is 24.2 Å². The number of hydrogen-bond donors (Lipinski definition) is 2. The largest absolute Gasteiger partial charge is 0.480 e. The second-order valence-electron chi connectivity index (χ2n) is 6.39. The van der Waals surface area contributed by atoms with E-state index in [9.17, 15) is 14.4 Å². The van der Waals surface area contributed by atoms with Crippen molar-refractivity contribution in [2.24, 2.45) is 11.7 Å². The lowest BCUT2D eigenvalue weighted by atomic mass is 9.91. The average Bonchev–Trinajstić information content (AvgIpc) is 2.43. The Labute approximate surface area is 135 Å². The van der Waals surface area contributed by atoms with Crippen LogP contribution in [-0.2, 0) is 25.5 Å². The topological polar surface area (TPSA) is 107 Å². The zero-order chi connectivity index (χ0) is 17.6. The Hall–Kier alpha value is -2.21. The number of aliphatic carboxylic acids is 1. The van der Waals surface area contributed by atoms with E-state index in [0.717, 1.165) is 5.56 Å². The number of benzene rings is 1. The zero-order valence-electron chi connectivity index (χ0n) is 13.6. The number of ketones is 1. The number of Topliss-reactive ketones (excluding diaryl/α,β-unsaturated/α-hetero) is 1. The molecule has 6 nitrogen and oxygen atoms in total. The number of carboxylic acid groups (broad SMARTS) is 1. The van der Waals surface area contributed by atoms with Crippen LogP contribution in [-0.4, -0.2) is 34.5 Å². The number of nitrogens with two attached hydrogens (primary N) is 1. The molecule has 0 fully saturated rings. The molecule has 1 rings (SSSR count). The van der Waals surface area contributed by atoms with Gasteiger partial charge < -0.3 is 15.6 Å². The van der Waals surface area contributed by atoms with Crippen LogP contribution >= 0.6 is 0 Å². The molecule has 0 aromatic heterocycles. The van der Waals surface area contributed by atoms with Gasteiger partial charge in [-0.05, 0) is 32.8 Å². The van der Waals surface area contributed by atoms with Gasteiger partial charge in [0.2, 0.25) is 0 Å². The first-order chi connectivity index (χ1) is 10.6. The fraction of sp³-hybridized carbons (Fsp3) is 0.471. The van der Waals surface area contributed by atoms with E-state index in [1.165, 1.54) is 0 Å². The van der Waals surface area contributed by atoms with Crippen LogP contribution in [0, 0.1) is 5.92 Å². The lowest BCUT2D eigenvalue weighted by Gasteiger charge is -2.24. The van der Waals surface area contributed by atoms with Crippen molar-refractivity contribution in [3.63, 3.8) is 0 Å². The number of carboxylic acids is 1. The van der Waals surface area contributed by atoms with Crippen LogP contribution in [0.1, 0.15) is 32.8 Å². The van der Waals surface area contributed by atoms with Gasteiger partial charge >= 0.3 is 11.9 Å². The fourth-order valence-electron chi connectivity index (χ4n) is 2.00. The Kier molecular flexibility index (Phi) is 6.45. The van der Waals surface area contributed by atoms with Crippen molar-refractivity contribution in [3.8, 4) is 0 Å². The van der Waals surface area contributed by atoms with Crippen molar-refractivity contribution in [2.75, 3.05) is 0 Å². The van der Waals surface area contributed by atoms with E-state index in [1.807, 2.05) is 6.07 Å². The Balaban J connectivity index is 2.93. The molecule has 2 atom stereocenters. The highest BCUT2D eigenvalue weighted by Crippen LogP contribution is 2.18. The number of carbonyl (C=O) groups is 3. The van der Waals surface area contributed by atoms with E-state index < -0.39 is 41.7 Å². The maximum atomic E-state index is 12.3. The molecule has 0 spiro atoms. The van der Waals surface area contributed by atoms with Gasteiger partial charge in [0.1, 0.15) is 23.3 Å². The van der Waals surface area contributed by atoms with Crippen molar-refractivity contribution in [2.45, 2.75) is 45.3 Å². The Morgan fingerprint density at radius 3 is 2.22 bits per heavy atom. The Bertz CT molecular complexity index is 562. The second kappa shape index (κ2) is 7.87. The van der Waals surface area contributed by atoms with Gasteiger partial charge in [0.05, 0.1) is 0 Å². The summed E-state index contributed by atoms with van der Waals surface area (Å²) in [4.78, 5) is 35.5. The van der Waals surface area contributed by atoms with Gasteiger partial charge in [0.15, 0.2) is 0 Å². The fourth-order valence-corrected chi connectivity index (χ4v) is 2.00. The van der Waals surface area contributed by atoms with E-state index in [2.05, 4.69) is 0 Å². The molecular weight excluding hydrogens is 298 g/mol. The summed E-state index contributed by atoms with van der Waals surface area (Å²) < 4.78 is 5.29. The summed E-state index contributed by atoms with van der Waals surface area (Å²) in [6.45, 7) is 5.12. The van der Waals surface area contributed by atoms with E-state index in [-0.39, 0.29) is 6.42 Å². The van der Waals surface area contributed by atoms with Crippen molar-refractivity contribution >= 4 is 17.7 Å². The van der Waals surface area contributed by atoms with Crippen LogP contribution in [0.2, 0.25) is 0 Å². The van der Waals surface area contributed by atoms with Gasteiger partial charge in [-0.1, -0.05) is 30.3 Å². The number of ether oxygens (including phenoxy) is 1. The minimum Gasteiger partial charge on any atom is -0.480 e. The molecule has 1 aromatic carbocycles. The van der Waals surface area contributed by atoms with Gasteiger partial charge in [0, 0.05) is 6.42 Å². The molecule has 0 aliphatic carbocycles. The molecule has 23 heavy (non-hydrogen) atoms. The number of rotatable bonds is 7. The summed E-state index contributed by atoms with van der Waals surface area (Å²) in [6.07, 6.45) is -0.257. The Morgan fingerprint density at radius 1 is 1.17 bits per heavy atom. The predicted molar refractivity (Wildman–Crippen MR) is 84.7 cm³/mol. The van der Waals surface area contributed by atoms with E-state index in [0.29, 0.717) is 0 Å². The first-order valence-corrected chi connectivity index (χ1v) is 7.38. The molecule has 2 unspecified atom stereocenters. The van der Waals surface area contributed by atoms with E-state index in [4.69, 9.17) is 15.6 Å². The summed E-state index contributed by atoms with van der Waals surface area (Å²) in [5.74, 6) is -3.54. The lowest BCUT2D eigenvalue weighted by Crippen LogP contribution is -2.39. The molecule has 0 aliphatic rings. The van der Waals surface area contributed by atoms with E-state index in [1.54, 1.807) is 45.0 Å². The van der Waals surface area contributed by atoms with Crippen LogP contribution in [0.3, 0.4) is 0 Å². The second-order valence-corrected chi connectivity index (χ2v) is 6.39. The minimum atomic E-state index is -1.33. The summed E-state index contributed by atoms with van der Waals surface area (Å²) in [5, 5.41) is 8.83. The highest BCUT2D eigenvalue weighted by Gasteiger charge is 2.33. The summed E-state index contributed by atoms with van der Waals surface area (Å²) in [6, 6.07) is 7.69.